The molecule has 0 unspecified atom stereocenters. The monoisotopic (exact) mass is 679 g/mol. The van der Waals surface area contributed by atoms with Crippen molar-refractivity contribution in [2.24, 2.45) is 0 Å². The SMILES string of the molecule is CCCN(CCC)C(=O)C=C(C)C(=O)N[C@@H](Cc1cc(F)cc(F)c1)[C@H](O)[C@H]1CO[C@@H](COC2CCCCC2)CN1C(=O)OC(C)(C)C. The van der Waals surface area contributed by atoms with E-state index in [4.69, 9.17) is 14.2 Å². The van der Waals surface area contributed by atoms with Crippen molar-refractivity contribution in [1.29, 1.82) is 0 Å². The lowest BCUT2D eigenvalue weighted by Gasteiger charge is -2.44. The van der Waals surface area contributed by atoms with Crippen molar-refractivity contribution in [1.82, 2.24) is 15.1 Å². The van der Waals surface area contributed by atoms with Crippen LogP contribution in [0.5, 0.6) is 0 Å². The van der Waals surface area contributed by atoms with Gasteiger partial charge in [-0.05, 0) is 77.5 Å². The van der Waals surface area contributed by atoms with Crippen LogP contribution in [0.15, 0.2) is 29.8 Å². The molecule has 12 heteroatoms. The minimum Gasteiger partial charge on any atom is -0.444 e. The van der Waals surface area contributed by atoms with Crippen molar-refractivity contribution in [3.8, 4) is 0 Å². The number of aliphatic hydroxyl groups is 1. The van der Waals surface area contributed by atoms with Crippen molar-refractivity contribution in [2.45, 2.75) is 129 Å². The number of carbonyl (C=O) groups excluding carboxylic acids is 3. The van der Waals surface area contributed by atoms with Crippen molar-refractivity contribution in [3.63, 3.8) is 0 Å². The summed E-state index contributed by atoms with van der Waals surface area (Å²) in [6.45, 7) is 11.9. The Morgan fingerprint density at radius 3 is 2.29 bits per heavy atom. The molecule has 2 fully saturated rings. The fraction of sp³-hybridized carbons (Fsp3) is 0.694. The van der Waals surface area contributed by atoms with Gasteiger partial charge in [-0.3, -0.25) is 14.5 Å². The van der Waals surface area contributed by atoms with Crippen molar-refractivity contribution in [3.05, 3.63) is 47.0 Å². The number of rotatable bonds is 14. The summed E-state index contributed by atoms with van der Waals surface area (Å²) in [4.78, 5) is 43.0. The summed E-state index contributed by atoms with van der Waals surface area (Å²) in [5, 5.41) is 14.6. The van der Waals surface area contributed by atoms with Gasteiger partial charge in [-0.15, -0.1) is 0 Å². The zero-order chi connectivity index (χ0) is 35.4. The third-order valence-electron chi connectivity index (χ3n) is 8.50. The minimum atomic E-state index is -1.45. The summed E-state index contributed by atoms with van der Waals surface area (Å²) in [6, 6.07) is 0.865. The number of halogens is 2. The first-order valence-corrected chi connectivity index (χ1v) is 17.3. The van der Waals surface area contributed by atoms with Crippen LogP contribution in [0.25, 0.3) is 0 Å². The quantitative estimate of drug-likeness (QED) is 0.256. The van der Waals surface area contributed by atoms with Crippen LogP contribution >= 0.6 is 0 Å². The lowest BCUT2D eigenvalue weighted by atomic mass is 9.94. The van der Waals surface area contributed by atoms with Crippen molar-refractivity contribution in [2.75, 3.05) is 32.8 Å². The summed E-state index contributed by atoms with van der Waals surface area (Å²) < 4.78 is 46.3. The number of amides is 3. The standard InChI is InChI=1S/C36H55F2N3O7/c1-7-14-40(15-8-2)32(42)16-24(3)34(44)39-30(19-25-17-26(37)20-27(38)18-25)33(43)31-23-47-29(22-46-28-12-10-9-11-13-28)21-41(31)35(45)48-36(4,5)6/h16-18,20,28-31,33,43H,7-15,19,21-23H2,1-6H3,(H,39,44)/t29-,30+,31-,33+/m1/s1. The molecule has 1 saturated heterocycles. The molecule has 0 spiro atoms. The average Bonchev–Trinajstić information content (AvgIpc) is 3.02. The minimum absolute atomic E-state index is 0.0662. The van der Waals surface area contributed by atoms with Gasteiger partial charge in [0, 0.05) is 30.8 Å². The number of aliphatic hydroxyl groups excluding tert-OH is 1. The molecule has 3 rings (SSSR count). The lowest BCUT2D eigenvalue weighted by molar-refractivity contribution is -0.134. The number of benzene rings is 1. The Kier molecular flexibility index (Phi) is 15.3. The highest BCUT2D eigenvalue weighted by molar-refractivity contribution is 6.00. The van der Waals surface area contributed by atoms with E-state index in [2.05, 4.69) is 5.32 Å². The topological polar surface area (TPSA) is 118 Å². The summed E-state index contributed by atoms with van der Waals surface area (Å²) >= 11 is 0. The van der Waals surface area contributed by atoms with Gasteiger partial charge >= 0.3 is 6.09 Å². The van der Waals surface area contributed by atoms with Crippen LogP contribution < -0.4 is 5.32 Å². The third-order valence-corrected chi connectivity index (χ3v) is 8.50. The molecule has 2 N–H and O–H groups in total. The number of carbonyl (C=O) groups is 3. The van der Waals surface area contributed by atoms with Crippen molar-refractivity contribution >= 4 is 17.9 Å². The van der Waals surface area contributed by atoms with Gasteiger partial charge in [0.2, 0.25) is 11.8 Å². The first-order chi connectivity index (χ1) is 22.7. The average molecular weight is 680 g/mol. The van der Waals surface area contributed by atoms with E-state index < -0.39 is 53.5 Å². The van der Waals surface area contributed by atoms with Gasteiger partial charge in [0.05, 0.1) is 50.2 Å². The maximum atomic E-state index is 14.2. The first-order valence-electron chi connectivity index (χ1n) is 17.3. The van der Waals surface area contributed by atoms with Crippen LogP contribution in [0.1, 0.15) is 92.1 Å². The predicted molar refractivity (Wildman–Crippen MR) is 178 cm³/mol. The molecule has 0 radical (unpaired) electrons. The highest BCUT2D eigenvalue weighted by atomic mass is 19.1. The van der Waals surface area contributed by atoms with Gasteiger partial charge in [0.15, 0.2) is 0 Å². The second-order valence-electron chi connectivity index (χ2n) is 14.0. The highest BCUT2D eigenvalue weighted by Crippen LogP contribution is 2.25. The Balaban J connectivity index is 1.87. The van der Waals surface area contributed by atoms with Gasteiger partial charge in [0.1, 0.15) is 17.2 Å². The Morgan fingerprint density at radius 1 is 1.08 bits per heavy atom. The molecule has 1 aliphatic carbocycles. The smallest absolute Gasteiger partial charge is 0.410 e. The maximum Gasteiger partial charge on any atom is 0.410 e. The molecule has 4 atom stereocenters. The van der Waals surface area contributed by atoms with E-state index in [-0.39, 0.29) is 49.3 Å². The Bertz CT molecular complexity index is 1220. The van der Waals surface area contributed by atoms with Gasteiger partial charge in [0.25, 0.3) is 0 Å². The molecule has 2 aliphatic rings. The lowest BCUT2D eigenvalue weighted by Crippen LogP contribution is -2.63. The summed E-state index contributed by atoms with van der Waals surface area (Å²) in [5.74, 6) is -2.57. The van der Waals surface area contributed by atoms with Crippen LogP contribution in [-0.2, 0) is 30.2 Å². The molecular formula is C36H55F2N3O7. The third kappa shape index (κ3) is 12.4. The van der Waals surface area contributed by atoms with Gasteiger partial charge in [-0.1, -0.05) is 33.1 Å². The van der Waals surface area contributed by atoms with E-state index in [1.54, 1.807) is 25.7 Å². The molecule has 10 nitrogen and oxygen atoms in total. The zero-order valence-electron chi connectivity index (χ0n) is 29.4. The summed E-state index contributed by atoms with van der Waals surface area (Å²) in [5.41, 5.74) is -0.543. The summed E-state index contributed by atoms with van der Waals surface area (Å²) in [6.07, 6.45) is 5.47. The van der Waals surface area contributed by atoms with E-state index >= 15 is 0 Å². The normalized spacial score (nSPS) is 20.6. The van der Waals surface area contributed by atoms with Crippen LogP contribution in [0, 0.1) is 11.6 Å². The number of hydrogen-bond acceptors (Lipinski definition) is 7. The molecule has 1 aromatic carbocycles. The second-order valence-corrected chi connectivity index (χ2v) is 14.0. The molecule has 1 saturated carbocycles. The molecule has 1 aromatic rings. The van der Waals surface area contributed by atoms with E-state index in [9.17, 15) is 28.3 Å². The van der Waals surface area contributed by atoms with Crippen LogP contribution in [0.4, 0.5) is 13.6 Å². The largest absolute Gasteiger partial charge is 0.444 e. The molecule has 1 aliphatic heterocycles. The fourth-order valence-corrected chi connectivity index (χ4v) is 6.13. The van der Waals surface area contributed by atoms with Crippen molar-refractivity contribution < 1.29 is 42.5 Å². The Morgan fingerprint density at radius 2 is 1.71 bits per heavy atom. The maximum absolute atomic E-state index is 14.2. The van der Waals surface area contributed by atoms with Gasteiger partial charge < -0.3 is 29.5 Å². The Labute approximate surface area is 284 Å². The number of hydrogen-bond donors (Lipinski definition) is 2. The number of ether oxygens (including phenoxy) is 3. The number of nitrogens with one attached hydrogen (secondary N) is 1. The molecule has 3 amide bonds. The number of morpholine rings is 1. The van der Waals surface area contributed by atoms with E-state index in [0.717, 1.165) is 56.7 Å². The van der Waals surface area contributed by atoms with Crippen LogP contribution in [0.3, 0.4) is 0 Å². The molecule has 48 heavy (non-hydrogen) atoms. The van der Waals surface area contributed by atoms with E-state index in [0.29, 0.717) is 13.1 Å². The zero-order valence-corrected chi connectivity index (χ0v) is 29.4. The molecule has 0 aromatic heterocycles. The van der Waals surface area contributed by atoms with Crippen LogP contribution in [-0.4, -0.2) is 102 Å². The number of nitrogens with zero attached hydrogens (tertiary/aromatic N) is 2. The van der Waals surface area contributed by atoms with E-state index in [1.807, 2.05) is 13.8 Å². The predicted octanol–water partition coefficient (Wildman–Crippen LogP) is 5.30. The van der Waals surface area contributed by atoms with Crippen LogP contribution in [0.2, 0.25) is 0 Å². The summed E-state index contributed by atoms with van der Waals surface area (Å²) in [7, 11) is 0. The Hall–Kier alpha value is -3.09. The molecular weight excluding hydrogens is 624 g/mol. The molecule has 270 valence electrons. The van der Waals surface area contributed by atoms with Gasteiger partial charge in [-0.25, -0.2) is 13.6 Å². The first kappa shape index (κ1) is 39.3. The second kappa shape index (κ2) is 18.6. The van der Waals surface area contributed by atoms with Gasteiger partial charge in [-0.2, -0.15) is 0 Å². The molecule has 0 bridgehead atoms. The molecule has 1 heterocycles. The van der Waals surface area contributed by atoms with E-state index in [1.165, 1.54) is 24.3 Å². The highest BCUT2D eigenvalue weighted by Gasteiger charge is 2.42. The fourth-order valence-electron chi connectivity index (χ4n) is 6.13.